The van der Waals surface area contributed by atoms with Crippen LogP contribution in [0.1, 0.15) is 19.4 Å². The highest BCUT2D eigenvalue weighted by Gasteiger charge is 2.27. The van der Waals surface area contributed by atoms with E-state index in [2.05, 4.69) is 50.3 Å². The van der Waals surface area contributed by atoms with Crippen LogP contribution in [0, 0.1) is 5.92 Å². The van der Waals surface area contributed by atoms with Gasteiger partial charge in [0.15, 0.2) is 0 Å². The quantitative estimate of drug-likeness (QED) is 0.701. The van der Waals surface area contributed by atoms with Crippen LogP contribution in [0.4, 0.5) is 0 Å². The van der Waals surface area contributed by atoms with Crippen molar-refractivity contribution in [3.05, 3.63) is 59.7 Å². The van der Waals surface area contributed by atoms with Gasteiger partial charge in [-0.15, -0.1) is 0 Å². The minimum absolute atomic E-state index is 0.0831. The minimum atomic E-state index is 0.0831. The van der Waals surface area contributed by atoms with E-state index in [0.29, 0.717) is 5.92 Å². The number of fused-ring (bicyclic) bond motifs is 3. The summed E-state index contributed by atoms with van der Waals surface area (Å²) in [5.74, 6) is 1.53. The molecule has 0 bridgehead atoms. The first kappa shape index (κ1) is 10.4. The maximum atomic E-state index is 5.99. The van der Waals surface area contributed by atoms with E-state index in [1.54, 1.807) is 0 Å². The summed E-state index contributed by atoms with van der Waals surface area (Å²) in [5, 5.41) is 0. The topological polar surface area (TPSA) is 9.23 Å². The molecule has 1 aromatic carbocycles. The smallest absolute Gasteiger partial charge is 0.143 e. The largest absolute Gasteiger partial charge is 0.481 e. The molecule has 0 amide bonds. The molecule has 1 unspecified atom stereocenters. The number of hydrogen-bond acceptors (Lipinski definition) is 1. The van der Waals surface area contributed by atoms with Gasteiger partial charge >= 0.3 is 0 Å². The van der Waals surface area contributed by atoms with Crippen molar-refractivity contribution < 1.29 is 4.74 Å². The van der Waals surface area contributed by atoms with Gasteiger partial charge in [-0.1, -0.05) is 50.3 Å². The number of hydrogen-bond donors (Lipinski definition) is 0. The molecule has 2 aliphatic rings. The molecular formula is C16H16O. The van der Waals surface area contributed by atoms with E-state index in [1.165, 1.54) is 16.7 Å². The normalized spacial score (nSPS) is 21.2. The molecule has 0 saturated heterocycles. The molecule has 3 rings (SSSR count). The Labute approximate surface area is 102 Å². The lowest BCUT2D eigenvalue weighted by Crippen LogP contribution is -2.09. The van der Waals surface area contributed by atoms with Gasteiger partial charge in [0.25, 0.3) is 0 Å². The number of ether oxygens (including phenoxy) is 1. The van der Waals surface area contributed by atoms with Crippen LogP contribution in [-0.4, -0.2) is 6.10 Å². The Morgan fingerprint density at radius 1 is 1.18 bits per heavy atom. The second-order valence-corrected chi connectivity index (χ2v) is 4.84. The van der Waals surface area contributed by atoms with Crippen molar-refractivity contribution in [2.75, 3.05) is 0 Å². The van der Waals surface area contributed by atoms with Crippen molar-refractivity contribution in [2.45, 2.75) is 20.0 Å². The lowest BCUT2D eigenvalue weighted by molar-refractivity contribution is 0.322. The highest BCUT2D eigenvalue weighted by molar-refractivity contribution is 5.80. The van der Waals surface area contributed by atoms with Gasteiger partial charge < -0.3 is 4.74 Å². The highest BCUT2D eigenvalue weighted by atomic mass is 16.5. The first-order valence-electron chi connectivity index (χ1n) is 6.12. The third-order valence-corrected chi connectivity index (χ3v) is 3.33. The summed E-state index contributed by atoms with van der Waals surface area (Å²) in [6.45, 7) is 4.42. The molecule has 1 heteroatoms. The zero-order valence-electron chi connectivity index (χ0n) is 10.2. The van der Waals surface area contributed by atoms with Gasteiger partial charge in [0, 0.05) is 11.1 Å². The number of rotatable bonds is 1. The van der Waals surface area contributed by atoms with Crippen molar-refractivity contribution in [1.29, 1.82) is 0 Å². The molecule has 17 heavy (non-hydrogen) atoms. The van der Waals surface area contributed by atoms with E-state index < -0.39 is 0 Å². The molecule has 86 valence electrons. The van der Waals surface area contributed by atoms with Crippen LogP contribution < -0.4 is 4.74 Å². The van der Waals surface area contributed by atoms with Crippen LogP contribution >= 0.6 is 0 Å². The second kappa shape index (κ2) is 3.92. The Balaban J connectivity index is 2.05. The number of benzene rings is 1. The monoisotopic (exact) mass is 224 g/mol. The third kappa shape index (κ3) is 1.72. The van der Waals surface area contributed by atoms with Crippen molar-refractivity contribution >= 4 is 5.57 Å². The van der Waals surface area contributed by atoms with E-state index in [9.17, 15) is 0 Å². The number of allylic oxidation sites excluding steroid dienone is 4. The van der Waals surface area contributed by atoms with Crippen LogP contribution in [0.25, 0.3) is 5.57 Å². The zero-order valence-corrected chi connectivity index (χ0v) is 10.2. The summed E-state index contributed by atoms with van der Waals surface area (Å²) < 4.78 is 5.99. The molecule has 1 aliphatic heterocycles. The second-order valence-electron chi connectivity index (χ2n) is 4.84. The number of para-hydroxylation sites is 1. The first-order valence-corrected chi connectivity index (χ1v) is 6.12. The maximum absolute atomic E-state index is 5.99. The average Bonchev–Trinajstić information content (AvgIpc) is 2.53. The molecule has 1 nitrogen and oxygen atoms in total. The molecule has 0 aromatic heterocycles. The van der Waals surface area contributed by atoms with Crippen LogP contribution in [0.15, 0.2) is 54.1 Å². The summed E-state index contributed by atoms with van der Waals surface area (Å²) in [7, 11) is 0. The van der Waals surface area contributed by atoms with Gasteiger partial charge in [-0.2, -0.15) is 0 Å². The molecule has 0 fully saturated rings. The zero-order chi connectivity index (χ0) is 11.8. The predicted octanol–water partition coefficient (Wildman–Crippen LogP) is 3.98. The summed E-state index contributed by atoms with van der Waals surface area (Å²) in [5.41, 5.74) is 3.84. The molecule has 0 saturated carbocycles. The molecule has 0 radical (unpaired) electrons. The fourth-order valence-corrected chi connectivity index (χ4v) is 2.35. The predicted molar refractivity (Wildman–Crippen MR) is 70.9 cm³/mol. The lowest BCUT2D eigenvalue weighted by Gasteiger charge is -2.10. The van der Waals surface area contributed by atoms with E-state index >= 15 is 0 Å². The Bertz CT molecular complexity index is 532. The SMILES string of the molecule is CC(C)C1=CC2Oc3ccccc3C2=CC=C1. The summed E-state index contributed by atoms with van der Waals surface area (Å²) in [4.78, 5) is 0. The Hall–Kier alpha value is -1.76. The van der Waals surface area contributed by atoms with Gasteiger partial charge in [0.2, 0.25) is 0 Å². The van der Waals surface area contributed by atoms with Gasteiger partial charge in [0.05, 0.1) is 0 Å². The van der Waals surface area contributed by atoms with Gasteiger partial charge in [0.1, 0.15) is 11.9 Å². The molecule has 1 heterocycles. The molecule has 1 aromatic rings. The molecule has 1 aliphatic carbocycles. The summed E-state index contributed by atoms with van der Waals surface area (Å²) in [6.07, 6.45) is 8.80. The Kier molecular flexibility index (Phi) is 2.40. The van der Waals surface area contributed by atoms with E-state index in [1.807, 2.05) is 12.1 Å². The molecule has 0 N–H and O–H groups in total. The van der Waals surface area contributed by atoms with Crippen LogP contribution in [0.2, 0.25) is 0 Å². The van der Waals surface area contributed by atoms with Crippen LogP contribution in [-0.2, 0) is 0 Å². The first-order chi connectivity index (χ1) is 8.25. The van der Waals surface area contributed by atoms with Gasteiger partial charge in [-0.25, -0.2) is 0 Å². The Morgan fingerprint density at radius 3 is 2.82 bits per heavy atom. The van der Waals surface area contributed by atoms with Gasteiger partial charge in [-0.05, 0) is 23.6 Å². The third-order valence-electron chi connectivity index (χ3n) is 3.33. The van der Waals surface area contributed by atoms with Crippen LogP contribution in [0.5, 0.6) is 5.75 Å². The van der Waals surface area contributed by atoms with Crippen molar-refractivity contribution in [1.82, 2.24) is 0 Å². The van der Waals surface area contributed by atoms with E-state index in [4.69, 9.17) is 4.74 Å². The van der Waals surface area contributed by atoms with Crippen molar-refractivity contribution in [3.63, 3.8) is 0 Å². The summed E-state index contributed by atoms with van der Waals surface area (Å²) in [6, 6.07) is 8.25. The standard InChI is InChI=1S/C16H16O/c1-11(2)12-6-5-8-14-13-7-3-4-9-15(13)17-16(14)10-12/h3-11,16H,1-2H3. The Morgan fingerprint density at radius 2 is 2.00 bits per heavy atom. The molecule has 1 atom stereocenters. The molecular weight excluding hydrogens is 208 g/mol. The summed E-state index contributed by atoms with van der Waals surface area (Å²) >= 11 is 0. The van der Waals surface area contributed by atoms with Crippen molar-refractivity contribution in [2.24, 2.45) is 5.92 Å². The van der Waals surface area contributed by atoms with Gasteiger partial charge in [-0.3, -0.25) is 0 Å². The van der Waals surface area contributed by atoms with Crippen molar-refractivity contribution in [3.8, 4) is 5.75 Å². The average molecular weight is 224 g/mol. The maximum Gasteiger partial charge on any atom is 0.143 e. The fourth-order valence-electron chi connectivity index (χ4n) is 2.35. The van der Waals surface area contributed by atoms with Crippen LogP contribution in [0.3, 0.4) is 0 Å². The lowest BCUT2D eigenvalue weighted by atomic mass is 9.99. The minimum Gasteiger partial charge on any atom is -0.481 e. The highest BCUT2D eigenvalue weighted by Crippen LogP contribution is 2.39. The fraction of sp³-hybridized carbons (Fsp3) is 0.250. The molecule has 0 spiro atoms. The van der Waals surface area contributed by atoms with E-state index in [0.717, 1.165) is 5.75 Å². The van der Waals surface area contributed by atoms with E-state index in [-0.39, 0.29) is 6.10 Å².